The highest BCUT2D eigenvalue weighted by Gasteiger charge is 2.33. The molecule has 1 aliphatic rings. The van der Waals surface area contributed by atoms with Gasteiger partial charge in [-0.2, -0.15) is 0 Å². The van der Waals surface area contributed by atoms with Crippen molar-refractivity contribution in [3.63, 3.8) is 0 Å². The van der Waals surface area contributed by atoms with Crippen LogP contribution in [0.1, 0.15) is 12.0 Å². The first kappa shape index (κ1) is 23.2. The smallest absolute Gasteiger partial charge is 0.151 e. The predicted molar refractivity (Wildman–Crippen MR) is 118 cm³/mol. The Kier molecular flexibility index (Phi) is 7.87. The van der Waals surface area contributed by atoms with Crippen LogP contribution in [0.25, 0.3) is 0 Å². The number of sulfone groups is 1. The summed E-state index contributed by atoms with van der Waals surface area (Å²) >= 11 is 12.0. The number of rotatable bonds is 9. The van der Waals surface area contributed by atoms with E-state index >= 15 is 0 Å². The lowest BCUT2D eigenvalue weighted by molar-refractivity contribution is 0.0525. The Morgan fingerprint density at radius 2 is 2.03 bits per heavy atom. The minimum atomic E-state index is -3.06. The van der Waals surface area contributed by atoms with E-state index in [9.17, 15) is 13.5 Å². The van der Waals surface area contributed by atoms with Crippen LogP contribution in [0.5, 0.6) is 11.5 Å². The third-order valence-corrected chi connectivity index (χ3v) is 7.30. The summed E-state index contributed by atoms with van der Waals surface area (Å²) in [7, 11) is -1.45. The van der Waals surface area contributed by atoms with Gasteiger partial charge in [-0.15, -0.1) is 0 Å². The molecule has 0 bridgehead atoms. The Bertz CT molecular complexity index is 970. The monoisotopic (exact) mass is 473 g/mol. The highest BCUT2D eigenvalue weighted by atomic mass is 35.5. The summed E-state index contributed by atoms with van der Waals surface area (Å²) in [6, 6.07) is 12.3. The normalized spacial score (nSPS) is 19.0. The number of nitrogens with zero attached hydrogens (tertiary/aromatic N) is 1. The van der Waals surface area contributed by atoms with Crippen molar-refractivity contribution in [1.29, 1.82) is 0 Å². The maximum atomic E-state index is 12.0. The average molecular weight is 474 g/mol. The predicted octanol–water partition coefficient (Wildman–Crippen LogP) is 3.43. The Morgan fingerprint density at radius 3 is 2.70 bits per heavy atom. The first-order valence-corrected chi connectivity index (χ1v) is 12.2. The van der Waals surface area contributed by atoms with Crippen LogP contribution in [0, 0.1) is 0 Å². The summed E-state index contributed by atoms with van der Waals surface area (Å²) in [5.41, 5.74) is 0.979. The molecule has 6 nitrogen and oxygen atoms in total. The van der Waals surface area contributed by atoms with Crippen LogP contribution in [0.15, 0.2) is 42.5 Å². The van der Waals surface area contributed by atoms with Crippen molar-refractivity contribution < 1.29 is 23.0 Å². The lowest BCUT2D eigenvalue weighted by Crippen LogP contribution is -2.42. The quantitative estimate of drug-likeness (QED) is 0.600. The first-order valence-electron chi connectivity index (χ1n) is 9.59. The SMILES string of the molecule is COc1cccc(CN(CC(O)COc2ccc(Cl)cc2Cl)C2CCS(=O)(=O)C2)c1. The zero-order chi connectivity index (χ0) is 21.7. The number of methoxy groups -OCH3 is 1. The molecule has 2 unspecified atom stereocenters. The number of aliphatic hydroxyl groups excluding tert-OH is 1. The van der Waals surface area contributed by atoms with Gasteiger partial charge in [0.05, 0.1) is 23.6 Å². The number of hydrogen-bond acceptors (Lipinski definition) is 6. The van der Waals surface area contributed by atoms with Gasteiger partial charge in [-0.1, -0.05) is 35.3 Å². The van der Waals surface area contributed by atoms with Crippen molar-refractivity contribution in [3.8, 4) is 11.5 Å². The summed E-state index contributed by atoms with van der Waals surface area (Å²) in [5.74, 6) is 1.42. The number of hydrogen-bond donors (Lipinski definition) is 1. The van der Waals surface area contributed by atoms with Crippen molar-refractivity contribution >= 4 is 33.0 Å². The minimum absolute atomic E-state index is 0.0232. The number of halogens is 2. The molecule has 0 amide bonds. The maximum absolute atomic E-state index is 12.0. The van der Waals surface area contributed by atoms with Gasteiger partial charge in [0.25, 0.3) is 0 Å². The summed E-state index contributed by atoms with van der Waals surface area (Å²) in [6.45, 7) is 0.786. The van der Waals surface area contributed by atoms with Gasteiger partial charge in [-0.05, 0) is 42.3 Å². The van der Waals surface area contributed by atoms with Gasteiger partial charge in [-0.25, -0.2) is 8.42 Å². The zero-order valence-corrected chi connectivity index (χ0v) is 19.0. The van der Waals surface area contributed by atoms with E-state index in [0.29, 0.717) is 28.8 Å². The van der Waals surface area contributed by atoms with Gasteiger partial charge in [0.2, 0.25) is 0 Å². The highest BCUT2D eigenvalue weighted by molar-refractivity contribution is 7.91. The van der Waals surface area contributed by atoms with E-state index in [4.69, 9.17) is 32.7 Å². The minimum Gasteiger partial charge on any atom is -0.497 e. The molecular formula is C21H25Cl2NO5S. The summed E-state index contributed by atoms with van der Waals surface area (Å²) < 4.78 is 34.9. The van der Waals surface area contributed by atoms with Crippen molar-refractivity contribution in [2.45, 2.75) is 25.1 Å². The van der Waals surface area contributed by atoms with Crippen molar-refractivity contribution in [1.82, 2.24) is 4.90 Å². The maximum Gasteiger partial charge on any atom is 0.151 e. The largest absolute Gasteiger partial charge is 0.497 e. The fourth-order valence-corrected chi connectivity index (χ4v) is 5.74. The zero-order valence-electron chi connectivity index (χ0n) is 16.6. The van der Waals surface area contributed by atoms with Gasteiger partial charge in [0.1, 0.15) is 24.2 Å². The van der Waals surface area contributed by atoms with Crippen molar-refractivity contribution in [3.05, 3.63) is 58.1 Å². The van der Waals surface area contributed by atoms with E-state index in [0.717, 1.165) is 11.3 Å². The Hall–Kier alpha value is -1.51. The molecule has 2 atom stereocenters. The first-order chi connectivity index (χ1) is 14.3. The molecule has 9 heteroatoms. The Labute approximate surface area is 187 Å². The van der Waals surface area contributed by atoms with Gasteiger partial charge in [0.15, 0.2) is 9.84 Å². The molecule has 30 heavy (non-hydrogen) atoms. The van der Waals surface area contributed by atoms with Crippen LogP contribution < -0.4 is 9.47 Å². The molecule has 1 aliphatic heterocycles. The molecule has 2 aromatic carbocycles. The van der Waals surface area contributed by atoms with Crippen LogP contribution in [0.2, 0.25) is 10.0 Å². The molecule has 0 radical (unpaired) electrons. The van der Waals surface area contributed by atoms with E-state index in [1.165, 1.54) is 0 Å². The average Bonchev–Trinajstić information content (AvgIpc) is 3.07. The van der Waals surface area contributed by atoms with Crippen LogP contribution >= 0.6 is 23.2 Å². The number of aliphatic hydroxyl groups is 1. The van der Waals surface area contributed by atoms with E-state index in [-0.39, 0.29) is 30.7 Å². The van der Waals surface area contributed by atoms with Crippen molar-refractivity contribution in [2.24, 2.45) is 0 Å². The standard InChI is InChI=1S/C21H25Cl2NO5S/c1-28-19-4-2-3-15(9-19)11-24(17-7-8-30(26,27)14-17)12-18(25)13-29-21-6-5-16(22)10-20(21)23/h2-6,9-10,17-18,25H,7-8,11-14H2,1H3. The molecule has 2 aromatic rings. The van der Waals surface area contributed by atoms with Gasteiger partial charge in [-0.3, -0.25) is 4.90 Å². The molecule has 164 valence electrons. The highest BCUT2D eigenvalue weighted by Crippen LogP contribution is 2.28. The topological polar surface area (TPSA) is 76.1 Å². The second-order valence-corrected chi connectivity index (χ2v) is 10.4. The number of benzene rings is 2. The Morgan fingerprint density at radius 1 is 1.23 bits per heavy atom. The third-order valence-electron chi connectivity index (χ3n) is 5.02. The van der Waals surface area contributed by atoms with Crippen LogP contribution in [-0.4, -0.2) is 62.3 Å². The molecule has 1 fully saturated rings. The lowest BCUT2D eigenvalue weighted by Gasteiger charge is -2.30. The van der Waals surface area contributed by atoms with Crippen LogP contribution in [0.3, 0.4) is 0 Å². The Balaban J connectivity index is 1.67. The van der Waals surface area contributed by atoms with Crippen molar-refractivity contribution in [2.75, 3.05) is 31.8 Å². The van der Waals surface area contributed by atoms with E-state index in [1.807, 2.05) is 29.2 Å². The van der Waals surface area contributed by atoms with Gasteiger partial charge < -0.3 is 14.6 Å². The lowest BCUT2D eigenvalue weighted by atomic mass is 10.1. The van der Waals surface area contributed by atoms with Gasteiger partial charge >= 0.3 is 0 Å². The molecule has 0 aromatic heterocycles. The molecular weight excluding hydrogens is 449 g/mol. The molecule has 1 heterocycles. The van der Waals surface area contributed by atoms with E-state index in [1.54, 1.807) is 25.3 Å². The van der Waals surface area contributed by atoms with Crippen LogP contribution in [0.4, 0.5) is 0 Å². The van der Waals surface area contributed by atoms with E-state index < -0.39 is 15.9 Å². The molecule has 3 rings (SSSR count). The van der Waals surface area contributed by atoms with Gasteiger partial charge in [0, 0.05) is 24.2 Å². The summed E-state index contributed by atoms with van der Waals surface area (Å²) in [4.78, 5) is 2.00. The van der Waals surface area contributed by atoms with Crippen LogP contribution in [-0.2, 0) is 16.4 Å². The molecule has 0 aliphatic carbocycles. The van der Waals surface area contributed by atoms with E-state index in [2.05, 4.69) is 0 Å². The second kappa shape index (κ2) is 10.2. The second-order valence-electron chi connectivity index (χ2n) is 7.38. The summed E-state index contributed by atoms with van der Waals surface area (Å²) in [6.07, 6.45) is -0.284. The molecule has 0 saturated carbocycles. The summed E-state index contributed by atoms with van der Waals surface area (Å²) in [5, 5.41) is 11.5. The molecule has 0 spiro atoms. The fourth-order valence-electron chi connectivity index (χ4n) is 3.51. The molecule has 1 N–H and O–H groups in total. The third kappa shape index (κ3) is 6.49. The fraction of sp³-hybridized carbons (Fsp3) is 0.429. The molecule has 1 saturated heterocycles. The number of ether oxygens (including phenoxy) is 2.